The molecule has 0 saturated carbocycles. The topological polar surface area (TPSA) is 55.7 Å². The van der Waals surface area contributed by atoms with Gasteiger partial charge in [0.1, 0.15) is 16.7 Å². The lowest BCUT2D eigenvalue weighted by Gasteiger charge is -2.24. The number of para-hydroxylation sites is 3. The highest BCUT2D eigenvalue weighted by Crippen LogP contribution is 2.45. The molecule has 0 saturated heterocycles. The monoisotopic (exact) mass is 470 g/mol. The zero-order valence-electron chi connectivity index (χ0n) is 15.7. The Labute approximate surface area is 186 Å². The molecule has 5 rings (SSSR count). The number of anilines is 1. The number of nitrogens with one attached hydrogen (secondary N) is 1. The van der Waals surface area contributed by atoms with Crippen LogP contribution < -0.4 is 4.90 Å². The van der Waals surface area contributed by atoms with Crippen molar-refractivity contribution in [2.45, 2.75) is 0 Å². The maximum atomic E-state index is 10.1. The predicted octanol–water partition coefficient (Wildman–Crippen LogP) is 6.77. The van der Waals surface area contributed by atoms with Crippen molar-refractivity contribution < 1.29 is 0 Å². The molecule has 0 radical (unpaired) electrons. The molecule has 0 amide bonds. The predicted molar refractivity (Wildman–Crippen MR) is 127 cm³/mol. The summed E-state index contributed by atoms with van der Waals surface area (Å²) >= 11 is 5.04. The van der Waals surface area contributed by atoms with Gasteiger partial charge in [-0.25, -0.2) is 4.98 Å². The van der Waals surface area contributed by atoms with E-state index in [2.05, 4.69) is 54.4 Å². The third kappa shape index (κ3) is 3.32. The Morgan fingerprint density at radius 1 is 0.967 bits per heavy atom. The van der Waals surface area contributed by atoms with E-state index in [4.69, 9.17) is 0 Å². The van der Waals surface area contributed by atoms with E-state index in [0.29, 0.717) is 11.4 Å². The second-order valence-corrected chi connectivity index (χ2v) is 8.47. The molecule has 30 heavy (non-hydrogen) atoms. The van der Waals surface area contributed by atoms with Gasteiger partial charge in [-0.05, 0) is 42.0 Å². The average molecular weight is 471 g/mol. The number of imidazole rings is 1. The number of aromatic amines is 1. The molecule has 0 spiro atoms. The summed E-state index contributed by atoms with van der Waals surface area (Å²) in [5, 5.41) is 13.0. The summed E-state index contributed by atoms with van der Waals surface area (Å²) in [6.45, 7) is 0. The fourth-order valence-corrected chi connectivity index (χ4v) is 4.72. The van der Waals surface area contributed by atoms with Gasteiger partial charge in [0.05, 0.1) is 16.7 Å². The van der Waals surface area contributed by atoms with E-state index < -0.39 is 0 Å². The first-order valence-corrected chi connectivity index (χ1v) is 11.0. The van der Waals surface area contributed by atoms with Crippen LogP contribution in [0.2, 0.25) is 0 Å². The van der Waals surface area contributed by atoms with Crippen molar-refractivity contribution in [3.05, 3.63) is 105 Å². The molecule has 3 aromatic carbocycles. The largest absolute Gasteiger partial charge is 0.337 e. The molecular weight excluding hydrogens is 456 g/mol. The van der Waals surface area contributed by atoms with Crippen LogP contribution in [-0.2, 0) is 0 Å². The van der Waals surface area contributed by atoms with Crippen LogP contribution in [0.15, 0.2) is 93.8 Å². The van der Waals surface area contributed by atoms with Crippen LogP contribution in [0, 0.1) is 11.3 Å². The lowest BCUT2D eigenvalue weighted by atomic mass is 10.1. The minimum Gasteiger partial charge on any atom is -0.337 e. The number of fused-ring (bicyclic) bond motifs is 1. The summed E-state index contributed by atoms with van der Waals surface area (Å²) in [6, 6.07) is 28.5. The Morgan fingerprint density at radius 3 is 2.43 bits per heavy atom. The van der Waals surface area contributed by atoms with Crippen LogP contribution in [0.25, 0.3) is 22.3 Å². The molecule has 0 bridgehead atoms. The number of rotatable bonds is 3. The van der Waals surface area contributed by atoms with E-state index in [0.717, 1.165) is 37.5 Å². The van der Waals surface area contributed by atoms with Crippen LogP contribution in [0.1, 0.15) is 11.4 Å². The van der Waals surface area contributed by atoms with Gasteiger partial charge >= 0.3 is 0 Å². The zero-order valence-corrected chi connectivity index (χ0v) is 18.1. The van der Waals surface area contributed by atoms with Crippen molar-refractivity contribution in [2.24, 2.45) is 0 Å². The first kappa shape index (κ1) is 18.7. The summed E-state index contributed by atoms with van der Waals surface area (Å²) in [5.41, 5.74) is 5.37. The number of hydrogen-bond donors (Lipinski definition) is 1. The standard InChI is InChI=1S/C24H15BrN4S/c25-17-12-10-16(11-13-17)22-15-30-24(29(22)18-6-2-1-3-7-18)19(14-26)23-27-20-8-4-5-9-21(20)28-23/h1-13,15H,(H,27,28). The number of hydrogen-bond acceptors (Lipinski definition) is 4. The molecule has 0 aliphatic carbocycles. The molecular formula is C24H15BrN4S. The van der Waals surface area contributed by atoms with Gasteiger partial charge in [-0.1, -0.05) is 70.2 Å². The van der Waals surface area contributed by atoms with E-state index in [-0.39, 0.29) is 0 Å². The maximum Gasteiger partial charge on any atom is 0.151 e. The molecule has 4 aromatic rings. The third-order valence-electron chi connectivity index (χ3n) is 4.83. The Morgan fingerprint density at radius 2 is 1.70 bits per heavy atom. The van der Waals surface area contributed by atoms with E-state index in [9.17, 15) is 5.26 Å². The minimum atomic E-state index is 0.517. The Balaban J connectivity index is 1.68. The molecule has 4 nitrogen and oxygen atoms in total. The molecule has 0 fully saturated rings. The van der Waals surface area contributed by atoms with Crippen molar-refractivity contribution in [1.29, 1.82) is 5.26 Å². The summed E-state index contributed by atoms with van der Waals surface area (Å²) in [6.07, 6.45) is 0. The molecule has 0 unspecified atom stereocenters. The number of nitriles is 1. The first-order chi connectivity index (χ1) is 14.7. The summed E-state index contributed by atoms with van der Waals surface area (Å²) in [5.74, 6) is 0.576. The van der Waals surface area contributed by atoms with Crippen LogP contribution in [0.5, 0.6) is 0 Å². The molecule has 1 aliphatic rings. The fraction of sp³-hybridized carbons (Fsp3) is 0. The normalized spacial score (nSPS) is 15.2. The van der Waals surface area contributed by atoms with Gasteiger partial charge in [-0.2, -0.15) is 5.26 Å². The van der Waals surface area contributed by atoms with E-state index in [1.165, 1.54) is 11.8 Å². The highest BCUT2D eigenvalue weighted by Gasteiger charge is 2.29. The van der Waals surface area contributed by atoms with E-state index in [1.54, 1.807) is 0 Å². The lowest BCUT2D eigenvalue weighted by molar-refractivity contribution is 1.23. The van der Waals surface area contributed by atoms with Gasteiger partial charge in [0, 0.05) is 15.6 Å². The van der Waals surface area contributed by atoms with Gasteiger partial charge in [-0.3, -0.25) is 0 Å². The van der Waals surface area contributed by atoms with Gasteiger partial charge in [0.2, 0.25) is 0 Å². The van der Waals surface area contributed by atoms with Gasteiger partial charge in [0.25, 0.3) is 0 Å². The van der Waals surface area contributed by atoms with Crippen LogP contribution in [0.3, 0.4) is 0 Å². The number of benzene rings is 3. The molecule has 2 heterocycles. The van der Waals surface area contributed by atoms with Crippen molar-refractivity contribution >= 4 is 55.7 Å². The smallest absolute Gasteiger partial charge is 0.151 e. The Kier molecular flexibility index (Phi) is 4.91. The number of thioether (sulfide) groups is 1. The molecule has 0 atom stereocenters. The Hall–Kier alpha value is -3.27. The second kappa shape index (κ2) is 7.86. The lowest BCUT2D eigenvalue weighted by Crippen LogP contribution is -2.17. The number of nitrogens with zero attached hydrogens (tertiary/aromatic N) is 3. The highest BCUT2D eigenvalue weighted by atomic mass is 79.9. The Bertz CT molecular complexity index is 1300. The highest BCUT2D eigenvalue weighted by molar-refractivity contribution is 9.10. The molecule has 1 aromatic heterocycles. The van der Waals surface area contributed by atoms with Crippen molar-refractivity contribution in [1.82, 2.24) is 9.97 Å². The molecule has 1 aliphatic heterocycles. The van der Waals surface area contributed by atoms with Crippen molar-refractivity contribution in [3.63, 3.8) is 0 Å². The molecule has 6 heteroatoms. The average Bonchev–Trinajstić information content (AvgIpc) is 3.40. The maximum absolute atomic E-state index is 10.1. The van der Waals surface area contributed by atoms with Gasteiger partial charge < -0.3 is 9.88 Å². The number of allylic oxidation sites excluding steroid dienone is 1. The summed E-state index contributed by atoms with van der Waals surface area (Å²) < 4.78 is 1.03. The SMILES string of the molecule is N#CC(=C1SC=C(c2ccc(Br)cc2)N1c1ccccc1)c1nc2ccccc2[nH]1. The fourth-order valence-electron chi connectivity index (χ4n) is 3.42. The van der Waals surface area contributed by atoms with Crippen molar-refractivity contribution in [2.75, 3.05) is 4.90 Å². The van der Waals surface area contributed by atoms with Crippen LogP contribution in [-0.4, -0.2) is 9.97 Å². The van der Waals surface area contributed by atoms with Crippen molar-refractivity contribution in [3.8, 4) is 6.07 Å². The number of halogens is 1. The summed E-state index contributed by atoms with van der Waals surface area (Å²) in [4.78, 5) is 10.1. The van der Waals surface area contributed by atoms with E-state index in [1.807, 2.05) is 66.7 Å². The third-order valence-corrected chi connectivity index (χ3v) is 6.31. The first-order valence-electron chi connectivity index (χ1n) is 9.32. The zero-order chi connectivity index (χ0) is 20.5. The van der Waals surface area contributed by atoms with Gasteiger partial charge in [0.15, 0.2) is 5.82 Å². The summed E-state index contributed by atoms with van der Waals surface area (Å²) in [7, 11) is 0. The molecule has 1 N–H and O–H groups in total. The number of aromatic nitrogens is 2. The number of H-pyrrole nitrogens is 1. The van der Waals surface area contributed by atoms with Crippen LogP contribution >= 0.6 is 27.7 Å². The van der Waals surface area contributed by atoms with E-state index >= 15 is 0 Å². The second-order valence-electron chi connectivity index (χ2n) is 6.69. The van der Waals surface area contributed by atoms with Gasteiger partial charge in [-0.15, -0.1) is 0 Å². The molecule has 144 valence electrons. The van der Waals surface area contributed by atoms with Crippen LogP contribution in [0.4, 0.5) is 5.69 Å². The quantitative estimate of drug-likeness (QED) is 0.335. The minimum absolute atomic E-state index is 0.517.